The number of hydrogen-bond donors (Lipinski definition) is 1. The number of rotatable bonds is 8. The van der Waals surface area contributed by atoms with E-state index in [-0.39, 0.29) is 17.9 Å². The summed E-state index contributed by atoms with van der Waals surface area (Å²) in [4.78, 5) is 29.1. The fourth-order valence-corrected chi connectivity index (χ4v) is 4.29. The van der Waals surface area contributed by atoms with Gasteiger partial charge in [0.15, 0.2) is 0 Å². The molecule has 0 radical (unpaired) electrons. The van der Waals surface area contributed by atoms with E-state index >= 15 is 0 Å². The van der Waals surface area contributed by atoms with Crippen LogP contribution in [-0.2, 0) is 20.1 Å². The first kappa shape index (κ1) is 20.2. The van der Waals surface area contributed by atoms with Gasteiger partial charge in [-0.15, -0.1) is 0 Å². The van der Waals surface area contributed by atoms with Crippen LogP contribution in [0.1, 0.15) is 31.2 Å². The van der Waals surface area contributed by atoms with Gasteiger partial charge in [0.05, 0.1) is 19.3 Å². The molecule has 1 N–H and O–H groups in total. The third-order valence-electron chi connectivity index (χ3n) is 5.03. The highest BCUT2D eigenvalue weighted by molar-refractivity contribution is 7.96. The van der Waals surface area contributed by atoms with E-state index in [4.69, 9.17) is 4.74 Å². The van der Waals surface area contributed by atoms with Crippen molar-refractivity contribution in [3.05, 3.63) is 35.9 Å². The maximum Gasteiger partial charge on any atom is 0.240 e. The molecule has 1 unspecified atom stereocenters. The fraction of sp³-hybridized carbons (Fsp3) is 0.600. The highest BCUT2D eigenvalue weighted by atomic mass is 32.2. The Labute approximate surface area is 165 Å². The van der Waals surface area contributed by atoms with Crippen LogP contribution in [0.3, 0.4) is 0 Å². The zero-order valence-electron chi connectivity index (χ0n) is 15.8. The Morgan fingerprint density at radius 1 is 1.04 bits per heavy atom. The number of nitrogens with zero attached hydrogens (tertiary/aromatic N) is 2. The molecule has 0 saturated carbocycles. The van der Waals surface area contributed by atoms with Crippen molar-refractivity contribution < 1.29 is 14.3 Å². The summed E-state index contributed by atoms with van der Waals surface area (Å²) >= 11 is 1.55. The molecule has 2 aliphatic rings. The summed E-state index contributed by atoms with van der Waals surface area (Å²) in [7, 11) is 0. The van der Waals surface area contributed by atoms with Gasteiger partial charge in [0, 0.05) is 38.4 Å². The number of nitrogens with one attached hydrogen (secondary N) is 1. The molecule has 3 rings (SSSR count). The first-order chi connectivity index (χ1) is 13.2. The van der Waals surface area contributed by atoms with Crippen LogP contribution >= 0.6 is 11.9 Å². The Kier molecular flexibility index (Phi) is 7.98. The molecule has 0 bridgehead atoms. The highest BCUT2D eigenvalue weighted by Crippen LogP contribution is 2.16. The van der Waals surface area contributed by atoms with E-state index in [2.05, 4.69) is 16.9 Å². The molecule has 2 heterocycles. The number of amides is 2. The van der Waals surface area contributed by atoms with Gasteiger partial charge in [0.1, 0.15) is 0 Å². The van der Waals surface area contributed by atoms with E-state index in [1.165, 1.54) is 5.56 Å². The molecule has 7 heteroatoms. The first-order valence-corrected chi connectivity index (χ1v) is 10.8. The Bertz CT molecular complexity index is 602. The van der Waals surface area contributed by atoms with Gasteiger partial charge in [0.25, 0.3) is 0 Å². The van der Waals surface area contributed by atoms with Crippen LogP contribution in [0, 0.1) is 0 Å². The number of carbonyl (C=O) groups is 2. The molecule has 1 atom stereocenters. The van der Waals surface area contributed by atoms with E-state index < -0.39 is 0 Å². The Morgan fingerprint density at radius 2 is 1.74 bits per heavy atom. The lowest BCUT2D eigenvalue weighted by molar-refractivity contribution is -0.136. The first-order valence-electron chi connectivity index (χ1n) is 9.79. The molecule has 148 valence electrons. The van der Waals surface area contributed by atoms with Crippen molar-refractivity contribution in [3.8, 4) is 0 Å². The average molecular weight is 392 g/mol. The molecule has 2 amide bonds. The van der Waals surface area contributed by atoms with Gasteiger partial charge in [-0.25, -0.2) is 0 Å². The molecule has 2 saturated heterocycles. The third-order valence-corrected chi connectivity index (χ3v) is 5.96. The molecule has 6 nitrogen and oxygen atoms in total. The zero-order chi connectivity index (χ0) is 18.9. The monoisotopic (exact) mass is 391 g/mol. The Balaban J connectivity index is 1.51. The molecule has 0 aliphatic carbocycles. The molecule has 0 aromatic heterocycles. The van der Waals surface area contributed by atoms with Crippen molar-refractivity contribution >= 4 is 23.8 Å². The van der Waals surface area contributed by atoms with Gasteiger partial charge in [0.2, 0.25) is 11.8 Å². The van der Waals surface area contributed by atoms with Crippen LogP contribution in [0.5, 0.6) is 0 Å². The second kappa shape index (κ2) is 10.7. The van der Waals surface area contributed by atoms with Crippen LogP contribution in [-0.4, -0.2) is 67.0 Å². The van der Waals surface area contributed by atoms with E-state index in [0.29, 0.717) is 39.1 Å². The van der Waals surface area contributed by atoms with Crippen molar-refractivity contribution in [2.45, 2.75) is 37.5 Å². The van der Waals surface area contributed by atoms with Crippen molar-refractivity contribution in [2.75, 3.05) is 39.4 Å². The summed E-state index contributed by atoms with van der Waals surface area (Å²) in [6, 6.07) is 9.87. The van der Waals surface area contributed by atoms with Crippen molar-refractivity contribution in [1.29, 1.82) is 0 Å². The summed E-state index contributed by atoms with van der Waals surface area (Å²) in [5.41, 5.74) is 1.21. The lowest BCUT2D eigenvalue weighted by Gasteiger charge is -2.28. The van der Waals surface area contributed by atoms with Crippen LogP contribution in [0.2, 0.25) is 0 Å². The number of carbonyl (C=O) groups excluding carboxylic acids is 2. The molecule has 2 fully saturated rings. The van der Waals surface area contributed by atoms with E-state index in [9.17, 15) is 9.59 Å². The number of benzene rings is 1. The van der Waals surface area contributed by atoms with Crippen LogP contribution in [0.25, 0.3) is 0 Å². The molecule has 0 spiro atoms. The van der Waals surface area contributed by atoms with E-state index in [1.54, 1.807) is 11.9 Å². The predicted octanol–water partition coefficient (Wildman–Crippen LogP) is 2.05. The minimum absolute atomic E-state index is 0.118. The number of ether oxygens (including phenoxy) is 1. The molecule has 1 aromatic rings. The van der Waals surface area contributed by atoms with Gasteiger partial charge in [-0.2, -0.15) is 0 Å². The molecule has 27 heavy (non-hydrogen) atoms. The van der Waals surface area contributed by atoms with Crippen LogP contribution in [0.4, 0.5) is 0 Å². The van der Waals surface area contributed by atoms with Crippen LogP contribution in [0.15, 0.2) is 30.3 Å². The van der Waals surface area contributed by atoms with Crippen LogP contribution < -0.4 is 4.72 Å². The molecular weight excluding hydrogens is 362 g/mol. The lowest BCUT2D eigenvalue weighted by atomic mass is 10.1. The van der Waals surface area contributed by atoms with Gasteiger partial charge >= 0.3 is 0 Å². The average Bonchev–Trinajstić information content (AvgIpc) is 3.26. The Morgan fingerprint density at radius 3 is 2.44 bits per heavy atom. The topological polar surface area (TPSA) is 61.9 Å². The van der Waals surface area contributed by atoms with Gasteiger partial charge in [-0.3, -0.25) is 14.3 Å². The predicted molar refractivity (Wildman–Crippen MR) is 107 cm³/mol. The number of hydrogen-bond acceptors (Lipinski definition) is 5. The normalized spacial score (nSPS) is 18.5. The number of likely N-dealkylation sites (tertiary alicyclic amines) is 1. The highest BCUT2D eigenvalue weighted by Gasteiger charge is 2.27. The standard InChI is InChI=1S/C20H29N3O3S/c24-19(22-12-14-26-15-13-22)9-8-18(20(25)23-10-4-5-11-23)21-27-16-17-6-2-1-3-7-17/h1-3,6-7,18,21H,4-5,8-16H2. The quantitative estimate of drug-likeness (QED) is 0.688. The molecular formula is C20H29N3O3S. The van der Waals surface area contributed by atoms with Gasteiger partial charge < -0.3 is 14.5 Å². The second-order valence-electron chi connectivity index (χ2n) is 7.01. The SMILES string of the molecule is O=C(CCC(NSCc1ccccc1)C(=O)N1CCCC1)N1CCOCC1. The lowest BCUT2D eigenvalue weighted by Crippen LogP contribution is -2.45. The van der Waals surface area contributed by atoms with Crippen molar-refractivity contribution in [3.63, 3.8) is 0 Å². The zero-order valence-corrected chi connectivity index (χ0v) is 16.6. The minimum atomic E-state index is -0.318. The van der Waals surface area contributed by atoms with E-state index in [1.807, 2.05) is 28.0 Å². The second-order valence-corrected chi connectivity index (χ2v) is 7.82. The molecule has 2 aliphatic heterocycles. The van der Waals surface area contributed by atoms with Crippen molar-refractivity contribution in [2.24, 2.45) is 0 Å². The summed E-state index contributed by atoms with van der Waals surface area (Å²) in [5.74, 6) is 1.04. The summed E-state index contributed by atoms with van der Waals surface area (Å²) in [6.07, 6.45) is 3.07. The van der Waals surface area contributed by atoms with Crippen molar-refractivity contribution in [1.82, 2.24) is 14.5 Å². The Hall–Kier alpha value is -1.57. The summed E-state index contributed by atoms with van der Waals surface area (Å²) < 4.78 is 8.64. The van der Waals surface area contributed by atoms with Gasteiger partial charge in [-0.1, -0.05) is 42.3 Å². The smallest absolute Gasteiger partial charge is 0.240 e. The minimum Gasteiger partial charge on any atom is -0.378 e. The van der Waals surface area contributed by atoms with Gasteiger partial charge in [-0.05, 0) is 24.8 Å². The largest absolute Gasteiger partial charge is 0.378 e. The molecule has 1 aromatic carbocycles. The van der Waals surface area contributed by atoms with E-state index in [0.717, 1.165) is 31.7 Å². The summed E-state index contributed by atoms with van der Waals surface area (Å²) in [6.45, 7) is 4.18. The maximum atomic E-state index is 12.9. The third kappa shape index (κ3) is 6.23. The fourth-order valence-electron chi connectivity index (χ4n) is 3.43. The summed E-state index contributed by atoms with van der Waals surface area (Å²) in [5, 5.41) is 0. The maximum absolute atomic E-state index is 12.9. The number of morpholine rings is 1.